The van der Waals surface area contributed by atoms with E-state index < -0.39 is 11.6 Å². The van der Waals surface area contributed by atoms with Crippen LogP contribution in [0, 0.1) is 11.6 Å². The van der Waals surface area contributed by atoms with Crippen molar-refractivity contribution in [3.63, 3.8) is 0 Å². The van der Waals surface area contributed by atoms with Crippen molar-refractivity contribution in [3.05, 3.63) is 53.6 Å². The van der Waals surface area contributed by atoms with Crippen LogP contribution >= 0.6 is 0 Å². The van der Waals surface area contributed by atoms with Crippen molar-refractivity contribution in [3.8, 4) is 16.9 Å². The van der Waals surface area contributed by atoms with Gasteiger partial charge in [-0.25, -0.2) is 8.78 Å². The number of halogens is 2. The van der Waals surface area contributed by atoms with E-state index in [1.165, 1.54) is 12.1 Å². The van der Waals surface area contributed by atoms with Crippen molar-refractivity contribution in [2.45, 2.75) is 12.8 Å². The molecule has 3 rings (SSSR count). The summed E-state index contributed by atoms with van der Waals surface area (Å²) >= 11 is 0. The Labute approximate surface area is 104 Å². The number of rotatable bonds is 1. The minimum atomic E-state index is -0.568. The molecule has 0 unspecified atom stereocenters. The summed E-state index contributed by atoms with van der Waals surface area (Å²) in [5.74, 6) is -0.395. The average Bonchev–Trinajstić information content (AvgIpc) is 2.38. The normalized spacial score (nSPS) is 13.9. The van der Waals surface area contributed by atoms with Gasteiger partial charge in [-0.3, -0.25) is 0 Å². The Morgan fingerprint density at radius 3 is 2.72 bits per heavy atom. The van der Waals surface area contributed by atoms with Gasteiger partial charge in [0, 0.05) is 17.2 Å². The Morgan fingerprint density at radius 1 is 1.00 bits per heavy atom. The summed E-state index contributed by atoms with van der Waals surface area (Å²) in [4.78, 5) is 0. The summed E-state index contributed by atoms with van der Waals surface area (Å²) in [6.45, 7) is 0.646. The van der Waals surface area contributed by atoms with E-state index in [-0.39, 0.29) is 0 Å². The molecule has 1 aliphatic heterocycles. The van der Waals surface area contributed by atoms with Crippen molar-refractivity contribution in [1.82, 2.24) is 0 Å². The molecular formula is C15H12F2O. The maximum absolute atomic E-state index is 13.8. The number of fused-ring (bicyclic) bond motifs is 1. The lowest BCUT2D eigenvalue weighted by Crippen LogP contribution is -2.09. The van der Waals surface area contributed by atoms with Gasteiger partial charge in [-0.05, 0) is 30.5 Å². The van der Waals surface area contributed by atoms with E-state index in [1.54, 1.807) is 6.07 Å². The summed E-state index contributed by atoms with van der Waals surface area (Å²) < 4.78 is 32.4. The fourth-order valence-electron chi connectivity index (χ4n) is 2.31. The quantitative estimate of drug-likeness (QED) is 0.740. The monoisotopic (exact) mass is 246 g/mol. The van der Waals surface area contributed by atoms with Crippen molar-refractivity contribution >= 4 is 0 Å². The first-order valence-corrected chi connectivity index (χ1v) is 5.96. The standard InChI is InChI=1S/C15H12F2O/c16-11-6-7-12(14(17)9-11)13-5-1-3-10-4-2-8-18-15(10)13/h1,3,5-7,9H,2,4,8H2. The second-order valence-corrected chi connectivity index (χ2v) is 4.37. The first-order chi connectivity index (χ1) is 8.75. The highest BCUT2D eigenvalue weighted by Gasteiger charge is 2.17. The van der Waals surface area contributed by atoms with Gasteiger partial charge in [0.25, 0.3) is 0 Å². The van der Waals surface area contributed by atoms with E-state index in [0.717, 1.165) is 30.2 Å². The van der Waals surface area contributed by atoms with Gasteiger partial charge in [-0.15, -0.1) is 0 Å². The largest absolute Gasteiger partial charge is 0.493 e. The van der Waals surface area contributed by atoms with E-state index in [0.29, 0.717) is 17.7 Å². The van der Waals surface area contributed by atoms with E-state index in [2.05, 4.69) is 0 Å². The van der Waals surface area contributed by atoms with Crippen LogP contribution in [0.5, 0.6) is 5.75 Å². The van der Waals surface area contributed by atoms with Gasteiger partial charge in [0.2, 0.25) is 0 Å². The minimum Gasteiger partial charge on any atom is -0.493 e. The van der Waals surface area contributed by atoms with Gasteiger partial charge in [0.1, 0.15) is 17.4 Å². The molecule has 0 aromatic heterocycles. The van der Waals surface area contributed by atoms with E-state index in [9.17, 15) is 8.78 Å². The molecule has 0 atom stereocenters. The maximum Gasteiger partial charge on any atom is 0.134 e. The average molecular weight is 246 g/mol. The molecule has 0 N–H and O–H groups in total. The molecule has 1 heterocycles. The third kappa shape index (κ3) is 1.86. The zero-order valence-electron chi connectivity index (χ0n) is 9.75. The Morgan fingerprint density at radius 2 is 1.89 bits per heavy atom. The highest BCUT2D eigenvalue weighted by molar-refractivity contribution is 5.73. The Kier molecular flexibility index (Phi) is 2.74. The summed E-state index contributed by atoms with van der Waals surface area (Å²) in [7, 11) is 0. The van der Waals surface area contributed by atoms with E-state index in [1.807, 2.05) is 12.1 Å². The molecule has 92 valence electrons. The number of benzene rings is 2. The van der Waals surface area contributed by atoms with Crippen molar-refractivity contribution in [2.24, 2.45) is 0 Å². The Hall–Kier alpha value is -1.90. The molecule has 0 amide bonds. The lowest BCUT2D eigenvalue weighted by atomic mass is 9.97. The zero-order chi connectivity index (χ0) is 12.5. The van der Waals surface area contributed by atoms with E-state index in [4.69, 9.17) is 4.74 Å². The first kappa shape index (κ1) is 11.2. The van der Waals surface area contributed by atoms with Gasteiger partial charge in [-0.1, -0.05) is 18.2 Å². The molecule has 1 nitrogen and oxygen atoms in total. The topological polar surface area (TPSA) is 9.23 Å². The van der Waals surface area contributed by atoms with Gasteiger partial charge in [0.15, 0.2) is 0 Å². The van der Waals surface area contributed by atoms with Crippen molar-refractivity contribution < 1.29 is 13.5 Å². The predicted molar refractivity (Wildman–Crippen MR) is 65.6 cm³/mol. The van der Waals surface area contributed by atoms with Gasteiger partial charge >= 0.3 is 0 Å². The third-order valence-corrected chi connectivity index (χ3v) is 3.15. The molecule has 2 aromatic carbocycles. The van der Waals surface area contributed by atoms with Crippen LogP contribution in [-0.4, -0.2) is 6.61 Å². The summed E-state index contributed by atoms with van der Waals surface area (Å²) in [5, 5.41) is 0. The highest BCUT2D eigenvalue weighted by atomic mass is 19.1. The molecule has 0 aliphatic carbocycles. The zero-order valence-corrected chi connectivity index (χ0v) is 9.75. The molecule has 0 radical (unpaired) electrons. The molecule has 0 bridgehead atoms. The van der Waals surface area contributed by atoms with Crippen LogP contribution in [0.25, 0.3) is 11.1 Å². The van der Waals surface area contributed by atoms with Crippen LogP contribution in [0.2, 0.25) is 0 Å². The molecule has 0 spiro atoms. The third-order valence-electron chi connectivity index (χ3n) is 3.15. The fraction of sp³-hybridized carbons (Fsp3) is 0.200. The molecular weight excluding hydrogens is 234 g/mol. The first-order valence-electron chi connectivity index (χ1n) is 5.96. The van der Waals surface area contributed by atoms with Gasteiger partial charge in [0.05, 0.1) is 6.61 Å². The lowest BCUT2D eigenvalue weighted by molar-refractivity contribution is 0.289. The summed E-state index contributed by atoms with van der Waals surface area (Å²) in [6, 6.07) is 9.29. The number of hydrogen-bond donors (Lipinski definition) is 0. The van der Waals surface area contributed by atoms with Crippen molar-refractivity contribution in [2.75, 3.05) is 6.61 Å². The van der Waals surface area contributed by atoms with Crippen molar-refractivity contribution in [1.29, 1.82) is 0 Å². The summed E-state index contributed by atoms with van der Waals surface area (Å²) in [6.07, 6.45) is 1.91. The van der Waals surface area contributed by atoms with Crippen LogP contribution in [-0.2, 0) is 6.42 Å². The smallest absolute Gasteiger partial charge is 0.134 e. The van der Waals surface area contributed by atoms with Gasteiger partial charge in [-0.2, -0.15) is 0 Å². The predicted octanol–water partition coefficient (Wildman–Crippen LogP) is 3.96. The number of para-hydroxylation sites is 1. The van der Waals surface area contributed by atoms with Crippen LogP contribution in [0.15, 0.2) is 36.4 Å². The van der Waals surface area contributed by atoms with Crippen LogP contribution in [0.3, 0.4) is 0 Å². The van der Waals surface area contributed by atoms with E-state index >= 15 is 0 Å². The second-order valence-electron chi connectivity index (χ2n) is 4.37. The Bertz CT molecular complexity index is 593. The van der Waals surface area contributed by atoms with Gasteiger partial charge < -0.3 is 4.74 Å². The molecule has 1 aliphatic rings. The van der Waals surface area contributed by atoms with Crippen LogP contribution < -0.4 is 4.74 Å². The molecule has 3 heteroatoms. The maximum atomic E-state index is 13.8. The van der Waals surface area contributed by atoms with Crippen LogP contribution in [0.4, 0.5) is 8.78 Å². The fourth-order valence-corrected chi connectivity index (χ4v) is 2.31. The molecule has 0 fully saturated rings. The SMILES string of the molecule is Fc1ccc(-c2cccc3c2OCCC3)c(F)c1. The lowest BCUT2D eigenvalue weighted by Gasteiger charge is -2.20. The molecule has 0 saturated heterocycles. The van der Waals surface area contributed by atoms with Crippen LogP contribution in [0.1, 0.15) is 12.0 Å². The Balaban J connectivity index is 2.17. The second kappa shape index (κ2) is 4.41. The minimum absolute atomic E-state index is 0.384. The number of ether oxygens (including phenoxy) is 1. The molecule has 0 saturated carbocycles. The molecule has 18 heavy (non-hydrogen) atoms. The number of hydrogen-bond acceptors (Lipinski definition) is 1. The highest BCUT2D eigenvalue weighted by Crippen LogP contribution is 2.37. The number of aryl methyl sites for hydroxylation is 1. The molecule has 2 aromatic rings. The summed E-state index contributed by atoms with van der Waals surface area (Å²) in [5.41, 5.74) is 2.17.